The molecular weight excluding hydrogens is 267 g/mol. The van der Waals surface area contributed by atoms with Crippen LogP contribution in [0.2, 0.25) is 0 Å². The van der Waals surface area contributed by atoms with Crippen molar-refractivity contribution in [2.75, 3.05) is 0 Å². The Morgan fingerprint density at radius 2 is 2.00 bits per heavy atom. The summed E-state index contributed by atoms with van der Waals surface area (Å²) in [5.41, 5.74) is 0.713. The number of Topliss-reactive ketones (excluding diaryl/α,β-unsaturated/α-hetero) is 1. The van der Waals surface area contributed by atoms with Gasteiger partial charge in [0.05, 0.1) is 0 Å². The number of hydrogen-bond donors (Lipinski definition) is 0. The van der Waals surface area contributed by atoms with Crippen LogP contribution in [0.4, 0.5) is 0 Å². The van der Waals surface area contributed by atoms with Crippen molar-refractivity contribution in [3.63, 3.8) is 0 Å². The fourth-order valence-electron chi connectivity index (χ4n) is 0.804. The Labute approximate surface area is 81.8 Å². The molecule has 0 aliphatic rings. The SMILES string of the molecule is C=IOc1ccc(C(C)=O)cc1. The quantitative estimate of drug-likeness (QED) is 0.626. The Morgan fingerprint density at radius 1 is 1.42 bits per heavy atom. The Bertz CT molecular complexity index is 290. The zero-order chi connectivity index (χ0) is 8.97. The normalized spacial score (nSPS) is 9.42. The highest BCUT2D eigenvalue weighted by atomic mass is 127. The van der Waals surface area contributed by atoms with E-state index in [4.69, 9.17) is 3.07 Å². The molecule has 3 heteroatoms. The van der Waals surface area contributed by atoms with E-state index in [1.54, 1.807) is 31.2 Å². The first kappa shape index (κ1) is 9.38. The van der Waals surface area contributed by atoms with Gasteiger partial charge < -0.3 is 3.07 Å². The van der Waals surface area contributed by atoms with Crippen molar-refractivity contribution in [1.82, 2.24) is 0 Å². The molecule has 0 unspecified atom stereocenters. The number of carbonyl (C=O) groups is 1. The fourth-order valence-corrected chi connectivity index (χ4v) is 1.46. The molecule has 0 spiro atoms. The summed E-state index contributed by atoms with van der Waals surface area (Å²) in [6.07, 6.45) is 0. The van der Waals surface area contributed by atoms with Gasteiger partial charge in [0.25, 0.3) is 0 Å². The minimum atomic E-state index is -0.432. The highest BCUT2D eigenvalue weighted by Gasteiger charge is 1.97. The van der Waals surface area contributed by atoms with Crippen molar-refractivity contribution in [2.45, 2.75) is 6.92 Å². The van der Waals surface area contributed by atoms with E-state index in [0.29, 0.717) is 5.56 Å². The van der Waals surface area contributed by atoms with Crippen molar-refractivity contribution < 1.29 is 7.86 Å². The largest absolute Gasteiger partial charge is 0.436 e. The molecular formula is C9H9IO2. The van der Waals surface area contributed by atoms with Crippen LogP contribution in [0, 0.1) is 0 Å². The lowest BCUT2D eigenvalue weighted by molar-refractivity contribution is 0.101. The van der Waals surface area contributed by atoms with E-state index >= 15 is 0 Å². The molecule has 0 bridgehead atoms. The number of carbonyl (C=O) groups excluding carboxylic acids is 1. The average molecular weight is 276 g/mol. The Morgan fingerprint density at radius 3 is 2.42 bits per heavy atom. The first-order valence-electron chi connectivity index (χ1n) is 3.40. The molecule has 0 fully saturated rings. The fraction of sp³-hybridized carbons (Fsp3) is 0.111. The summed E-state index contributed by atoms with van der Waals surface area (Å²) in [6, 6.07) is 7.11. The van der Waals surface area contributed by atoms with E-state index in [0.717, 1.165) is 5.75 Å². The summed E-state index contributed by atoms with van der Waals surface area (Å²) in [5, 5.41) is 0. The molecule has 1 rings (SSSR count). The van der Waals surface area contributed by atoms with Crippen molar-refractivity contribution in [1.29, 1.82) is 0 Å². The van der Waals surface area contributed by atoms with Gasteiger partial charge in [-0.25, -0.2) is 0 Å². The summed E-state index contributed by atoms with van der Waals surface area (Å²) in [7, 11) is 0. The van der Waals surface area contributed by atoms with Gasteiger partial charge >= 0.3 is 0 Å². The molecule has 0 amide bonds. The van der Waals surface area contributed by atoms with Gasteiger partial charge in [-0.15, -0.1) is 0 Å². The molecule has 1 aromatic rings. The van der Waals surface area contributed by atoms with Gasteiger partial charge in [-0.3, -0.25) is 4.79 Å². The van der Waals surface area contributed by atoms with E-state index in [9.17, 15) is 4.79 Å². The zero-order valence-corrected chi connectivity index (χ0v) is 8.87. The van der Waals surface area contributed by atoms with Gasteiger partial charge in [-0.1, -0.05) is 0 Å². The summed E-state index contributed by atoms with van der Waals surface area (Å²) in [4.78, 5) is 10.9. The molecule has 0 radical (unpaired) electrons. The second-order valence-electron chi connectivity index (χ2n) is 2.27. The molecule has 0 atom stereocenters. The molecule has 0 saturated heterocycles. The van der Waals surface area contributed by atoms with Crippen LogP contribution in [-0.4, -0.2) is 10.3 Å². The molecule has 64 valence electrons. The second-order valence-corrected chi connectivity index (χ2v) is 3.33. The minimum Gasteiger partial charge on any atom is -0.436 e. The topological polar surface area (TPSA) is 26.3 Å². The van der Waals surface area contributed by atoms with Crippen LogP contribution in [0.3, 0.4) is 0 Å². The zero-order valence-electron chi connectivity index (χ0n) is 6.71. The Balaban J connectivity index is 2.85. The van der Waals surface area contributed by atoms with Crippen LogP contribution in [-0.2, 0) is 0 Å². The van der Waals surface area contributed by atoms with Crippen molar-refractivity contribution in [3.8, 4) is 5.75 Å². The average Bonchev–Trinajstić information content (AvgIpc) is 2.06. The molecule has 0 aliphatic carbocycles. The van der Waals surface area contributed by atoms with Crippen molar-refractivity contribution >= 4 is 31.4 Å². The van der Waals surface area contributed by atoms with Gasteiger partial charge in [0.2, 0.25) is 0 Å². The molecule has 0 N–H and O–H groups in total. The van der Waals surface area contributed by atoms with Crippen LogP contribution in [0.1, 0.15) is 17.3 Å². The highest BCUT2D eigenvalue weighted by molar-refractivity contribution is 14.2. The van der Waals surface area contributed by atoms with Crippen LogP contribution in [0.15, 0.2) is 24.3 Å². The standard InChI is InChI=1S/C9H9IO2/c1-7(11)8-3-5-9(6-4-8)12-10-2/h3-6H,2H2,1H3. The third-order valence-corrected chi connectivity index (χ3v) is 2.22. The number of hydrogen-bond acceptors (Lipinski definition) is 2. The van der Waals surface area contributed by atoms with Crippen molar-refractivity contribution in [2.24, 2.45) is 0 Å². The monoisotopic (exact) mass is 276 g/mol. The Hall–Kier alpha value is -0.710. The lowest BCUT2D eigenvalue weighted by Gasteiger charge is -1.98. The summed E-state index contributed by atoms with van der Waals surface area (Å²) < 4.78 is 8.89. The van der Waals surface area contributed by atoms with E-state index < -0.39 is 21.1 Å². The second kappa shape index (κ2) is 4.35. The molecule has 1 aromatic carbocycles. The van der Waals surface area contributed by atoms with Crippen LogP contribution < -0.4 is 3.07 Å². The third kappa shape index (κ3) is 2.41. The molecule has 0 saturated carbocycles. The first-order chi connectivity index (χ1) is 5.74. The Kier molecular flexibility index (Phi) is 3.40. The lowest BCUT2D eigenvalue weighted by atomic mass is 10.1. The summed E-state index contributed by atoms with van der Waals surface area (Å²) in [6.45, 7) is 1.55. The van der Waals surface area contributed by atoms with E-state index in [1.165, 1.54) is 0 Å². The predicted molar refractivity (Wildman–Crippen MR) is 58.2 cm³/mol. The maximum Gasteiger partial charge on any atom is 0.159 e. The van der Waals surface area contributed by atoms with Gasteiger partial charge in [0.15, 0.2) is 5.78 Å². The van der Waals surface area contributed by atoms with E-state index in [2.05, 4.69) is 4.51 Å². The summed E-state index contributed by atoms with van der Waals surface area (Å²) in [5.74, 6) is 0.869. The molecule has 0 aliphatic heterocycles. The van der Waals surface area contributed by atoms with Crippen LogP contribution >= 0.6 is 21.1 Å². The van der Waals surface area contributed by atoms with Gasteiger partial charge in [0, 0.05) is 5.56 Å². The molecule has 12 heavy (non-hydrogen) atoms. The predicted octanol–water partition coefficient (Wildman–Crippen LogP) is 2.59. The minimum absolute atomic E-state index is 0.0749. The first-order valence-corrected chi connectivity index (χ1v) is 5.81. The van der Waals surface area contributed by atoms with Crippen LogP contribution in [0.5, 0.6) is 5.75 Å². The van der Waals surface area contributed by atoms with Gasteiger partial charge in [-0.05, 0) is 35.7 Å². The van der Waals surface area contributed by atoms with E-state index in [-0.39, 0.29) is 5.78 Å². The smallest absolute Gasteiger partial charge is 0.159 e. The number of ketones is 1. The number of benzene rings is 1. The third-order valence-electron chi connectivity index (χ3n) is 1.40. The molecule has 0 heterocycles. The molecule has 2 nitrogen and oxygen atoms in total. The van der Waals surface area contributed by atoms with Gasteiger partial charge in [0.1, 0.15) is 26.9 Å². The van der Waals surface area contributed by atoms with E-state index in [1.807, 2.05) is 0 Å². The number of halogens is 1. The van der Waals surface area contributed by atoms with Crippen LogP contribution in [0.25, 0.3) is 0 Å². The summed E-state index contributed by atoms with van der Waals surface area (Å²) >= 11 is -0.432. The maximum atomic E-state index is 10.9. The maximum absolute atomic E-state index is 10.9. The van der Waals surface area contributed by atoms with Gasteiger partial charge in [-0.2, -0.15) is 0 Å². The highest BCUT2D eigenvalue weighted by Crippen LogP contribution is 2.15. The van der Waals surface area contributed by atoms with Crippen molar-refractivity contribution in [3.05, 3.63) is 29.8 Å². The molecule has 0 aromatic heterocycles. The lowest BCUT2D eigenvalue weighted by Crippen LogP contribution is -1.90. The number of rotatable bonds is 3.